The average molecular weight is 434 g/mol. The maximum Gasteiger partial charge on any atom is 0.414 e. The van der Waals surface area contributed by atoms with Crippen molar-refractivity contribution in [2.45, 2.75) is 24.9 Å². The number of hydrogen-bond donors (Lipinski definition) is 1. The van der Waals surface area contributed by atoms with Gasteiger partial charge in [-0.05, 0) is 30.9 Å². The molecular formula is C17H20F2N2O7S. The number of likely N-dealkylation sites (tertiary alicyclic amines) is 1. The fraction of sp³-hybridized carbons (Fsp3) is 0.529. The predicted octanol–water partition coefficient (Wildman–Crippen LogP) is 2.12. The van der Waals surface area contributed by atoms with E-state index < -0.39 is 52.6 Å². The number of carboxylic acid groups (broad SMARTS) is 1. The summed E-state index contributed by atoms with van der Waals surface area (Å²) in [5, 5.41) is 8.98. The Bertz CT molecular complexity index is 893. The van der Waals surface area contributed by atoms with Crippen molar-refractivity contribution in [2.24, 2.45) is 0 Å². The number of anilines is 1. The lowest BCUT2D eigenvalue weighted by molar-refractivity contribution is 0.107. The zero-order valence-corrected chi connectivity index (χ0v) is 16.3. The number of halogens is 2. The summed E-state index contributed by atoms with van der Waals surface area (Å²) in [6.07, 6.45) is -1.41. The summed E-state index contributed by atoms with van der Waals surface area (Å²) in [5.74, 6) is -2.14. The Morgan fingerprint density at radius 2 is 1.86 bits per heavy atom. The van der Waals surface area contributed by atoms with Gasteiger partial charge in [-0.3, -0.25) is 9.08 Å². The number of carbonyl (C=O) groups excluding carboxylic acids is 1. The van der Waals surface area contributed by atoms with E-state index in [1.165, 1.54) is 4.90 Å². The molecule has 160 valence electrons. The Morgan fingerprint density at radius 3 is 2.38 bits per heavy atom. The van der Waals surface area contributed by atoms with Gasteiger partial charge in [0.1, 0.15) is 24.3 Å². The number of benzene rings is 1. The van der Waals surface area contributed by atoms with E-state index in [2.05, 4.69) is 4.18 Å². The molecule has 2 saturated heterocycles. The first-order valence-electron chi connectivity index (χ1n) is 8.84. The van der Waals surface area contributed by atoms with Crippen LogP contribution in [0.15, 0.2) is 12.1 Å². The van der Waals surface area contributed by atoms with Gasteiger partial charge in [0, 0.05) is 18.7 Å². The highest BCUT2D eigenvalue weighted by Crippen LogP contribution is 2.35. The van der Waals surface area contributed by atoms with Crippen LogP contribution < -0.4 is 4.90 Å². The average Bonchev–Trinajstić information content (AvgIpc) is 3.00. The number of hydrogen-bond acceptors (Lipinski definition) is 6. The normalized spacial score (nSPS) is 20.8. The lowest BCUT2D eigenvalue weighted by Gasteiger charge is -2.30. The van der Waals surface area contributed by atoms with Gasteiger partial charge in [-0.15, -0.1) is 0 Å². The van der Waals surface area contributed by atoms with E-state index in [0.29, 0.717) is 0 Å². The molecule has 1 aromatic carbocycles. The molecule has 2 fully saturated rings. The molecule has 0 aromatic heterocycles. The number of rotatable bonds is 5. The van der Waals surface area contributed by atoms with Gasteiger partial charge in [0.2, 0.25) is 0 Å². The van der Waals surface area contributed by atoms with Gasteiger partial charge in [-0.25, -0.2) is 18.4 Å². The molecule has 2 amide bonds. The number of amides is 2. The molecule has 2 aliphatic heterocycles. The molecule has 29 heavy (non-hydrogen) atoms. The first-order valence-corrected chi connectivity index (χ1v) is 10.7. The van der Waals surface area contributed by atoms with E-state index in [1.807, 2.05) is 0 Å². The van der Waals surface area contributed by atoms with E-state index in [9.17, 15) is 26.8 Å². The summed E-state index contributed by atoms with van der Waals surface area (Å²) < 4.78 is 61.0. The van der Waals surface area contributed by atoms with Crippen molar-refractivity contribution >= 4 is 28.0 Å². The number of piperidine rings is 1. The molecule has 0 radical (unpaired) electrons. The van der Waals surface area contributed by atoms with Crippen LogP contribution in [0, 0.1) is 11.6 Å². The minimum Gasteiger partial charge on any atom is -0.465 e. The molecule has 0 spiro atoms. The third-order valence-corrected chi connectivity index (χ3v) is 5.46. The third kappa shape index (κ3) is 4.93. The molecule has 1 unspecified atom stereocenters. The van der Waals surface area contributed by atoms with Crippen LogP contribution in [0.4, 0.5) is 24.1 Å². The molecule has 0 aliphatic carbocycles. The Balaban J connectivity index is 1.72. The summed E-state index contributed by atoms with van der Waals surface area (Å²) in [6, 6.07) is 2.03. The summed E-state index contributed by atoms with van der Waals surface area (Å²) in [7, 11) is -3.72. The molecule has 9 nitrogen and oxygen atoms in total. The van der Waals surface area contributed by atoms with Crippen LogP contribution in [0.25, 0.3) is 0 Å². The quantitative estimate of drug-likeness (QED) is 0.706. The van der Waals surface area contributed by atoms with Gasteiger partial charge < -0.3 is 14.7 Å². The monoisotopic (exact) mass is 434 g/mol. The van der Waals surface area contributed by atoms with Crippen LogP contribution in [0.5, 0.6) is 0 Å². The second-order valence-corrected chi connectivity index (χ2v) is 8.62. The lowest BCUT2D eigenvalue weighted by Crippen LogP contribution is -2.37. The molecule has 2 aliphatic rings. The minimum atomic E-state index is -3.72. The van der Waals surface area contributed by atoms with Crippen molar-refractivity contribution in [1.29, 1.82) is 0 Å². The molecule has 12 heteroatoms. The number of carbonyl (C=O) groups is 2. The Labute approximate surface area is 165 Å². The van der Waals surface area contributed by atoms with Crippen LogP contribution in [0.2, 0.25) is 0 Å². The van der Waals surface area contributed by atoms with Gasteiger partial charge in [-0.2, -0.15) is 8.42 Å². The van der Waals surface area contributed by atoms with Crippen molar-refractivity contribution in [3.05, 3.63) is 29.3 Å². The summed E-state index contributed by atoms with van der Waals surface area (Å²) in [4.78, 5) is 25.2. The van der Waals surface area contributed by atoms with Crippen LogP contribution in [-0.2, 0) is 19.0 Å². The van der Waals surface area contributed by atoms with Crippen LogP contribution in [-0.4, -0.2) is 69.2 Å². The van der Waals surface area contributed by atoms with Crippen LogP contribution >= 0.6 is 0 Å². The van der Waals surface area contributed by atoms with Crippen LogP contribution in [0.1, 0.15) is 24.3 Å². The van der Waals surface area contributed by atoms with Crippen molar-refractivity contribution < 1.29 is 40.8 Å². The SMILES string of the molecule is CS(=O)(=O)OCC1CN(c2cc(F)c(C3CCN(C(=O)O)CC3)c(F)c2)C(=O)O1. The Hall–Kier alpha value is -2.47. The Morgan fingerprint density at radius 1 is 1.28 bits per heavy atom. The second kappa shape index (κ2) is 8.11. The fourth-order valence-electron chi connectivity index (χ4n) is 3.49. The molecule has 2 heterocycles. The highest BCUT2D eigenvalue weighted by Gasteiger charge is 2.35. The van der Waals surface area contributed by atoms with Gasteiger partial charge in [-0.1, -0.05) is 0 Å². The van der Waals surface area contributed by atoms with Crippen molar-refractivity contribution in [2.75, 3.05) is 37.4 Å². The van der Waals surface area contributed by atoms with Gasteiger partial charge in [0.05, 0.1) is 18.5 Å². The smallest absolute Gasteiger partial charge is 0.414 e. The second-order valence-electron chi connectivity index (χ2n) is 6.97. The van der Waals surface area contributed by atoms with Gasteiger partial charge >= 0.3 is 12.2 Å². The predicted molar refractivity (Wildman–Crippen MR) is 96.3 cm³/mol. The molecule has 1 N–H and O–H groups in total. The Kier molecular flexibility index (Phi) is 5.94. The van der Waals surface area contributed by atoms with E-state index in [0.717, 1.165) is 23.3 Å². The molecule has 3 rings (SSSR count). The number of ether oxygens (including phenoxy) is 1. The first kappa shape index (κ1) is 21.2. The van der Waals surface area contributed by atoms with E-state index in [-0.39, 0.29) is 43.7 Å². The van der Waals surface area contributed by atoms with Crippen molar-refractivity contribution in [3.8, 4) is 0 Å². The van der Waals surface area contributed by atoms with Crippen molar-refractivity contribution in [3.63, 3.8) is 0 Å². The maximum atomic E-state index is 14.7. The van der Waals surface area contributed by atoms with E-state index in [1.54, 1.807) is 0 Å². The van der Waals surface area contributed by atoms with E-state index >= 15 is 0 Å². The summed E-state index contributed by atoms with van der Waals surface area (Å²) >= 11 is 0. The molecular weight excluding hydrogens is 414 g/mol. The highest BCUT2D eigenvalue weighted by atomic mass is 32.2. The summed E-state index contributed by atoms with van der Waals surface area (Å²) in [6.45, 7) is -0.155. The topological polar surface area (TPSA) is 113 Å². The zero-order chi connectivity index (χ0) is 21.3. The molecule has 0 bridgehead atoms. The standard InChI is InChI=1S/C17H20F2N2O7S/c1-29(25,26)27-9-12-8-21(17(24)28-12)11-6-13(18)15(14(19)7-11)10-2-4-20(5-3-10)16(22)23/h6-7,10,12H,2-5,8-9H2,1H3,(H,22,23). The highest BCUT2D eigenvalue weighted by molar-refractivity contribution is 7.85. The summed E-state index contributed by atoms with van der Waals surface area (Å²) in [5.41, 5.74) is -0.193. The van der Waals surface area contributed by atoms with Gasteiger partial charge in [0.25, 0.3) is 10.1 Å². The first-order chi connectivity index (χ1) is 13.5. The molecule has 1 atom stereocenters. The minimum absolute atomic E-state index is 0.0569. The van der Waals surface area contributed by atoms with Crippen molar-refractivity contribution in [1.82, 2.24) is 4.90 Å². The number of cyclic esters (lactones) is 1. The maximum absolute atomic E-state index is 14.7. The van der Waals surface area contributed by atoms with E-state index in [4.69, 9.17) is 9.84 Å². The van der Waals surface area contributed by atoms with Crippen LogP contribution in [0.3, 0.4) is 0 Å². The molecule has 1 aromatic rings. The number of nitrogens with zero attached hydrogens (tertiary/aromatic N) is 2. The fourth-order valence-corrected chi connectivity index (χ4v) is 3.89. The third-order valence-electron chi connectivity index (χ3n) is 4.89. The zero-order valence-electron chi connectivity index (χ0n) is 15.5. The van der Waals surface area contributed by atoms with Gasteiger partial charge in [0.15, 0.2) is 0 Å². The lowest BCUT2D eigenvalue weighted by atomic mass is 9.88. The molecule has 0 saturated carbocycles. The largest absolute Gasteiger partial charge is 0.465 e.